The minimum atomic E-state index is -1.01. The number of hydrogen-bond acceptors (Lipinski definition) is 8. The number of carbonyl (C=O) groups is 2. The Morgan fingerprint density at radius 3 is 2.39 bits per heavy atom. The molecule has 1 N–H and O–H groups in total. The molecule has 0 aliphatic carbocycles. The van der Waals surface area contributed by atoms with Gasteiger partial charge in [0.05, 0.1) is 6.61 Å². The molecule has 2 atom stereocenters. The molecule has 0 spiro atoms. The number of anilines is 1. The van der Waals surface area contributed by atoms with Crippen LogP contribution < -0.4 is 10.2 Å². The van der Waals surface area contributed by atoms with Crippen LogP contribution in [0, 0.1) is 12.8 Å². The highest BCUT2D eigenvalue weighted by atomic mass is 16.5. The van der Waals surface area contributed by atoms with E-state index in [4.69, 9.17) is 9.73 Å². The van der Waals surface area contributed by atoms with Crippen molar-refractivity contribution in [1.82, 2.24) is 20.2 Å². The summed E-state index contributed by atoms with van der Waals surface area (Å²) >= 11 is 0. The van der Waals surface area contributed by atoms with Crippen LogP contribution in [0.15, 0.2) is 47.7 Å². The number of nitrogens with zero attached hydrogens (tertiary/aromatic N) is 5. The molecule has 4 rings (SSSR count). The van der Waals surface area contributed by atoms with Gasteiger partial charge in [-0.25, -0.2) is 15.0 Å². The van der Waals surface area contributed by atoms with E-state index < -0.39 is 17.9 Å². The van der Waals surface area contributed by atoms with Crippen LogP contribution >= 0.6 is 0 Å². The normalized spacial score (nSPS) is 21.4. The maximum absolute atomic E-state index is 13.0. The van der Waals surface area contributed by atoms with Crippen molar-refractivity contribution in [2.75, 3.05) is 37.7 Å². The average Bonchev–Trinajstić information content (AvgIpc) is 2.80. The largest absolute Gasteiger partial charge is 0.465 e. The van der Waals surface area contributed by atoms with Gasteiger partial charge in [-0.3, -0.25) is 14.9 Å². The standard InChI is InChI=1S/C22H26N6O3/c1-3-31-20(30)17-18(16-7-5-15(2)6-8-16)25-22(26-19(17)29)28-13-11-27(12-14-28)21-23-9-4-10-24-21/h4-10,17-18H,3,11-14H2,1-2H3,(H,25,26,29). The maximum Gasteiger partial charge on any atom is 0.321 e. The quantitative estimate of drug-likeness (QED) is 0.586. The summed E-state index contributed by atoms with van der Waals surface area (Å²) in [5, 5.41) is 2.83. The van der Waals surface area contributed by atoms with Gasteiger partial charge in [0.1, 0.15) is 6.04 Å². The van der Waals surface area contributed by atoms with Gasteiger partial charge in [0, 0.05) is 38.6 Å². The Kier molecular flexibility index (Phi) is 6.11. The van der Waals surface area contributed by atoms with E-state index in [9.17, 15) is 9.59 Å². The van der Waals surface area contributed by atoms with Gasteiger partial charge in [-0.05, 0) is 25.5 Å². The zero-order valence-corrected chi connectivity index (χ0v) is 17.7. The molecule has 31 heavy (non-hydrogen) atoms. The van der Waals surface area contributed by atoms with Gasteiger partial charge < -0.3 is 14.5 Å². The molecule has 9 heteroatoms. The van der Waals surface area contributed by atoms with E-state index in [-0.39, 0.29) is 12.5 Å². The lowest BCUT2D eigenvalue weighted by atomic mass is 9.91. The summed E-state index contributed by atoms with van der Waals surface area (Å²) in [6, 6.07) is 8.90. The molecule has 1 aromatic carbocycles. The van der Waals surface area contributed by atoms with Crippen LogP contribution in [0.1, 0.15) is 24.1 Å². The second-order valence-corrected chi connectivity index (χ2v) is 7.55. The van der Waals surface area contributed by atoms with Gasteiger partial charge in [0.2, 0.25) is 17.8 Å². The Labute approximate surface area is 181 Å². The number of nitrogens with one attached hydrogen (secondary N) is 1. The third-order valence-electron chi connectivity index (χ3n) is 5.47. The molecule has 2 aliphatic rings. The zero-order valence-electron chi connectivity index (χ0n) is 17.7. The topological polar surface area (TPSA) is 100 Å². The number of rotatable bonds is 4. The molecule has 0 saturated carbocycles. The van der Waals surface area contributed by atoms with E-state index in [1.54, 1.807) is 25.4 Å². The molecule has 162 valence electrons. The number of ether oxygens (including phenoxy) is 1. The van der Waals surface area contributed by atoms with Crippen LogP contribution in [0.2, 0.25) is 0 Å². The predicted molar refractivity (Wildman–Crippen MR) is 115 cm³/mol. The van der Waals surface area contributed by atoms with Crippen LogP contribution in [0.5, 0.6) is 0 Å². The highest BCUT2D eigenvalue weighted by Crippen LogP contribution is 2.31. The molecule has 9 nitrogen and oxygen atoms in total. The van der Waals surface area contributed by atoms with Crippen molar-refractivity contribution >= 4 is 23.8 Å². The minimum absolute atomic E-state index is 0.212. The van der Waals surface area contributed by atoms with Crippen molar-refractivity contribution < 1.29 is 14.3 Å². The third kappa shape index (κ3) is 4.50. The molecule has 1 fully saturated rings. The first kappa shape index (κ1) is 20.8. The highest BCUT2D eigenvalue weighted by Gasteiger charge is 2.42. The van der Waals surface area contributed by atoms with Crippen molar-refractivity contribution in [2.45, 2.75) is 19.9 Å². The first-order chi connectivity index (χ1) is 15.1. The van der Waals surface area contributed by atoms with Crippen molar-refractivity contribution in [3.05, 3.63) is 53.9 Å². The molecule has 1 aromatic heterocycles. The fourth-order valence-electron chi connectivity index (χ4n) is 3.80. The molecule has 0 radical (unpaired) electrons. The van der Waals surface area contributed by atoms with Crippen molar-refractivity contribution in [2.24, 2.45) is 10.9 Å². The van der Waals surface area contributed by atoms with E-state index >= 15 is 0 Å². The second kappa shape index (κ2) is 9.11. The Morgan fingerprint density at radius 1 is 1.10 bits per heavy atom. The number of benzene rings is 1. The lowest BCUT2D eigenvalue weighted by Crippen LogP contribution is -2.57. The number of aliphatic imine (C=N–C) groups is 1. The molecule has 1 amide bonds. The van der Waals surface area contributed by atoms with E-state index in [0.717, 1.165) is 11.1 Å². The Hall–Kier alpha value is -3.49. The summed E-state index contributed by atoms with van der Waals surface area (Å²) in [6.45, 7) is 6.65. The molecule has 2 aromatic rings. The van der Waals surface area contributed by atoms with E-state index in [1.807, 2.05) is 36.1 Å². The first-order valence-corrected chi connectivity index (χ1v) is 10.5. The summed E-state index contributed by atoms with van der Waals surface area (Å²) in [5.74, 6) is -0.769. The number of amides is 1. The molecule has 0 bridgehead atoms. The van der Waals surface area contributed by atoms with Crippen molar-refractivity contribution in [1.29, 1.82) is 0 Å². The smallest absolute Gasteiger partial charge is 0.321 e. The summed E-state index contributed by atoms with van der Waals surface area (Å²) < 4.78 is 5.17. The van der Waals surface area contributed by atoms with Crippen molar-refractivity contribution in [3.63, 3.8) is 0 Å². The SMILES string of the molecule is CCOC(=O)C1C(=O)NC(N2CCN(c3ncccn3)CC2)=NC1c1ccc(C)cc1. The Morgan fingerprint density at radius 2 is 1.74 bits per heavy atom. The number of carbonyl (C=O) groups excluding carboxylic acids is 2. The van der Waals surface area contributed by atoms with Crippen LogP contribution in [0.4, 0.5) is 5.95 Å². The number of piperazine rings is 1. The lowest BCUT2D eigenvalue weighted by molar-refractivity contribution is -0.153. The van der Waals surface area contributed by atoms with E-state index in [0.29, 0.717) is 38.1 Å². The molecular formula is C22H26N6O3. The highest BCUT2D eigenvalue weighted by molar-refractivity contribution is 6.08. The summed E-state index contributed by atoms with van der Waals surface area (Å²) in [7, 11) is 0. The van der Waals surface area contributed by atoms with Gasteiger partial charge in [-0.1, -0.05) is 29.8 Å². The Balaban J connectivity index is 1.56. The number of guanidine groups is 1. The van der Waals surface area contributed by atoms with Gasteiger partial charge >= 0.3 is 5.97 Å². The number of esters is 1. The summed E-state index contributed by atoms with van der Waals surface area (Å²) in [6.07, 6.45) is 3.45. The molecule has 2 aliphatic heterocycles. The van der Waals surface area contributed by atoms with E-state index in [2.05, 4.69) is 20.2 Å². The van der Waals surface area contributed by atoms with Crippen LogP contribution in [0.3, 0.4) is 0 Å². The fraction of sp³-hybridized carbons (Fsp3) is 0.409. The first-order valence-electron chi connectivity index (χ1n) is 10.5. The number of aryl methyl sites for hydroxylation is 1. The van der Waals surface area contributed by atoms with Crippen LogP contribution in [-0.2, 0) is 14.3 Å². The maximum atomic E-state index is 13.0. The number of aromatic nitrogens is 2. The molecule has 3 heterocycles. The third-order valence-corrected chi connectivity index (χ3v) is 5.47. The Bertz CT molecular complexity index is 955. The van der Waals surface area contributed by atoms with Crippen LogP contribution in [-0.4, -0.2) is 65.5 Å². The molecular weight excluding hydrogens is 396 g/mol. The van der Waals surface area contributed by atoms with Crippen molar-refractivity contribution in [3.8, 4) is 0 Å². The number of hydrogen-bond donors (Lipinski definition) is 1. The molecule has 2 unspecified atom stereocenters. The van der Waals surface area contributed by atoms with Gasteiger partial charge in [0.15, 0.2) is 5.92 Å². The average molecular weight is 422 g/mol. The molecule has 1 saturated heterocycles. The van der Waals surface area contributed by atoms with Gasteiger partial charge in [0.25, 0.3) is 0 Å². The lowest BCUT2D eigenvalue weighted by Gasteiger charge is -2.38. The zero-order chi connectivity index (χ0) is 21.8. The van der Waals surface area contributed by atoms with Crippen LogP contribution in [0.25, 0.3) is 0 Å². The fourth-order valence-corrected chi connectivity index (χ4v) is 3.80. The summed E-state index contributed by atoms with van der Waals surface area (Å²) in [4.78, 5) is 43.0. The minimum Gasteiger partial charge on any atom is -0.465 e. The van der Waals surface area contributed by atoms with Gasteiger partial charge in [-0.2, -0.15) is 0 Å². The van der Waals surface area contributed by atoms with E-state index in [1.165, 1.54) is 0 Å². The second-order valence-electron chi connectivity index (χ2n) is 7.55. The monoisotopic (exact) mass is 422 g/mol. The summed E-state index contributed by atoms with van der Waals surface area (Å²) in [5.41, 5.74) is 1.91. The van der Waals surface area contributed by atoms with Gasteiger partial charge in [-0.15, -0.1) is 0 Å². The predicted octanol–water partition coefficient (Wildman–Crippen LogP) is 1.31.